The zero-order valence-electron chi connectivity index (χ0n) is 10.9. The highest BCUT2D eigenvalue weighted by atomic mass is 16.5. The summed E-state index contributed by atoms with van der Waals surface area (Å²) >= 11 is 0. The Morgan fingerprint density at radius 2 is 2.16 bits per heavy atom. The van der Waals surface area contributed by atoms with Gasteiger partial charge >= 0.3 is 0 Å². The summed E-state index contributed by atoms with van der Waals surface area (Å²) < 4.78 is 7.28. The van der Waals surface area contributed by atoms with E-state index in [1.165, 1.54) is 5.56 Å². The summed E-state index contributed by atoms with van der Waals surface area (Å²) in [5.41, 5.74) is 2.11. The van der Waals surface area contributed by atoms with Crippen molar-refractivity contribution in [1.29, 1.82) is 0 Å². The van der Waals surface area contributed by atoms with E-state index in [2.05, 4.69) is 15.1 Å². The normalized spacial score (nSPS) is 10.8. The molecule has 0 N–H and O–H groups in total. The third-order valence-corrected chi connectivity index (χ3v) is 2.97. The van der Waals surface area contributed by atoms with Crippen LogP contribution in [0.15, 0.2) is 41.2 Å². The van der Waals surface area contributed by atoms with Gasteiger partial charge in [0.15, 0.2) is 5.82 Å². The van der Waals surface area contributed by atoms with E-state index < -0.39 is 0 Å². The number of benzene rings is 1. The molecular weight excluding hydrogens is 240 g/mol. The van der Waals surface area contributed by atoms with Gasteiger partial charge in [-0.2, -0.15) is 4.98 Å². The molecule has 0 unspecified atom stereocenters. The zero-order chi connectivity index (χ0) is 13.2. The van der Waals surface area contributed by atoms with Gasteiger partial charge in [-0.25, -0.2) is 4.98 Å². The predicted molar refractivity (Wildman–Crippen MR) is 70.5 cm³/mol. The monoisotopic (exact) mass is 254 g/mol. The van der Waals surface area contributed by atoms with Gasteiger partial charge in [-0.05, 0) is 26.0 Å². The smallest absolute Gasteiger partial charge is 0.257 e. The van der Waals surface area contributed by atoms with E-state index in [-0.39, 0.29) is 0 Å². The molecule has 0 spiro atoms. The van der Waals surface area contributed by atoms with E-state index >= 15 is 0 Å². The van der Waals surface area contributed by atoms with Gasteiger partial charge in [-0.15, -0.1) is 0 Å². The Labute approximate surface area is 110 Å². The van der Waals surface area contributed by atoms with Crippen molar-refractivity contribution in [2.24, 2.45) is 0 Å². The zero-order valence-corrected chi connectivity index (χ0v) is 10.9. The molecule has 1 aromatic carbocycles. The number of hydrogen-bond acceptors (Lipinski definition) is 4. The van der Waals surface area contributed by atoms with Crippen LogP contribution in [0.1, 0.15) is 17.2 Å². The maximum atomic E-state index is 5.30. The van der Waals surface area contributed by atoms with Crippen molar-refractivity contribution in [3.63, 3.8) is 0 Å². The highest BCUT2D eigenvalue weighted by Crippen LogP contribution is 2.18. The fourth-order valence-corrected chi connectivity index (χ4v) is 1.94. The molecule has 0 fully saturated rings. The SMILES string of the molecule is Cc1cccc(-c2nc(Cn3ccnc3C)no2)c1. The van der Waals surface area contributed by atoms with E-state index in [4.69, 9.17) is 4.52 Å². The molecular formula is C14H14N4O. The van der Waals surface area contributed by atoms with Gasteiger partial charge in [0, 0.05) is 18.0 Å². The summed E-state index contributed by atoms with van der Waals surface area (Å²) in [6.07, 6.45) is 3.66. The third kappa shape index (κ3) is 2.40. The van der Waals surface area contributed by atoms with Gasteiger partial charge in [0.1, 0.15) is 5.82 Å². The largest absolute Gasteiger partial charge is 0.334 e. The van der Waals surface area contributed by atoms with Gasteiger partial charge in [-0.3, -0.25) is 0 Å². The Kier molecular flexibility index (Phi) is 2.87. The van der Waals surface area contributed by atoms with E-state index in [0.717, 1.165) is 11.4 Å². The van der Waals surface area contributed by atoms with E-state index in [1.54, 1.807) is 6.20 Å². The second kappa shape index (κ2) is 4.68. The summed E-state index contributed by atoms with van der Waals surface area (Å²) in [5, 5.41) is 4.00. The predicted octanol–water partition coefficient (Wildman–Crippen LogP) is 2.60. The maximum Gasteiger partial charge on any atom is 0.257 e. The van der Waals surface area contributed by atoms with E-state index in [1.807, 2.05) is 48.9 Å². The lowest BCUT2D eigenvalue weighted by molar-refractivity contribution is 0.420. The van der Waals surface area contributed by atoms with Crippen LogP contribution in [0.5, 0.6) is 0 Å². The first-order valence-corrected chi connectivity index (χ1v) is 6.10. The van der Waals surface area contributed by atoms with Crippen molar-refractivity contribution in [3.8, 4) is 11.5 Å². The minimum atomic E-state index is 0.552. The Hall–Kier alpha value is -2.43. The first-order chi connectivity index (χ1) is 9.22. The van der Waals surface area contributed by atoms with Gasteiger partial charge in [0.2, 0.25) is 0 Å². The van der Waals surface area contributed by atoms with Gasteiger partial charge < -0.3 is 9.09 Å². The lowest BCUT2D eigenvalue weighted by atomic mass is 10.1. The molecule has 96 valence electrons. The standard InChI is InChI=1S/C14H14N4O/c1-10-4-3-5-12(8-10)14-16-13(17-19-14)9-18-7-6-15-11(18)2/h3-8H,9H2,1-2H3. The molecule has 5 heteroatoms. The minimum absolute atomic E-state index is 0.552. The molecule has 3 aromatic rings. The topological polar surface area (TPSA) is 56.7 Å². The quantitative estimate of drug-likeness (QED) is 0.721. The molecule has 2 aromatic heterocycles. The summed E-state index contributed by atoms with van der Waals surface area (Å²) in [5.74, 6) is 2.14. The molecule has 0 saturated carbocycles. The summed E-state index contributed by atoms with van der Waals surface area (Å²) in [6, 6.07) is 8.01. The van der Waals surface area contributed by atoms with Crippen molar-refractivity contribution in [1.82, 2.24) is 19.7 Å². The van der Waals surface area contributed by atoms with Crippen LogP contribution >= 0.6 is 0 Å². The molecule has 19 heavy (non-hydrogen) atoms. The van der Waals surface area contributed by atoms with Crippen LogP contribution in [-0.2, 0) is 6.54 Å². The molecule has 0 aliphatic rings. The third-order valence-electron chi connectivity index (χ3n) is 2.97. The second-order valence-corrected chi connectivity index (χ2v) is 4.49. The number of nitrogens with zero attached hydrogens (tertiary/aromatic N) is 4. The highest BCUT2D eigenvalue weighted by molar-refractivity contribution is 5.53. The first-order valence-electron chi connectivity index (χ1n) is 6.10. The number of aryl methyl sites for hydroxylation is 2. The average Bonchev–Trinajstić information content (AvgIpc) is 3.00. The first kappa shape index (κ1) is 11.6. The van der Waals surface area contributed by atoms with Crippen LogP contribution in [0.2, 0.25) is 0 Å². The molecule has 0 saturated heterocycles. The van der Waals surface area contributed by atoms with Crippen LogP contribution in [0.25, 0.3) is 11.5 Å². The average molecular weight is 254 g/mol. The van der Waals surface area contributed by atoms with Crippen LogP contribution in [-0.4, -0.2) is 19.7 Å². The Morgan fingerprint density at radius 1 is 1.26 bits per heavy atom. The van der Waals surface area contributed by atoms with Gasteiger partial charge in [-0.1, -0.05) is 22.9 Å². The number of imidazole rings is 1. The number of aromatic nitrogens is 4. The van der Waals surface area contributed by atoms with Crippen molar-refractivity contribution in [2.75, 3.05) is 0 Å². The molecule has 0 radical (unpaired) electrons. The Balaban J connectivity index is 1.86. The van der Waals surface area contributed by atoms with Crippen molar-refractivity contribution in [3.05, 3.63) is 53.9 Å². The number of hydrogen-bond donors (Lipinski definition) is 0. The van der Waals surface area contributed by atoms with Crippen LogP contribution in [0.4, 0.5) is 0 Å². The number of rotatable bonds is 3. The summed E-state index contributed by atoms with van der Waals surface area (Å²) in [6.45, 7) is 4.55. The van der Waals surface area contributed by atoms with Crippen molar-refractivity contribution in [2.45, 2.75) is 20.4 Å². The fraction of sp³-hybridized carbons (Fsp3) is 0.214. The van der Waals surface area contributed by atoms with Gasteiger partial charge in [0.25, 0.3) is 5.89 Å². The van der Waals surface area contributed by atoms with Crippen LogP contribution in [0.3, 0.4) is 0 Å². The molecule has 0 amide bonds. The van der Waals surface area contributed by atoms with Crippen molar-refractivity contribution >= 4 is 0 Å². The maximum absolute atomic E-state index is 5.30. The van der Waals surface area contributed by atoms with Crippen LogP contribution in [0, 0.1) is 13.8 Å². The lowest BCUT2D eigenvalue weighted by Crippen LogP contribution is -2.02. The van der Waals surface area contributed by atoms with Crippen molar-refractivity contribution < 1.29 is 4.52 Å². The molecule has 5 nitrogen and oxygen atoms in total. The Morgan fingerprint density at radius 3 is 2.89 bits per heavy atom. The van der Waals surface area contributed by atoms with Gasteiger partial charge in [0.05, 0.1) is 6.54 Å². The van der Waals surface area contributed by atoms with E-state index in [0.29, 0.717) is 18.3 Å². The molecule has 2 heterocycles. The Bertz CT molecular complexity index is 699. The molecule has 3 rings (SSSR count). The molecule has 0 aliphatic heterocycles. The molecule has 0 bridgehead atoms. The molecule has 0 aliphatic carbocycles. The second-order valence-electron chi connectivity index (χ2n) is 4.49. The summed E-state index contributed by atoms with van der Waals surface area (Å²) in [7, 11) is 0. The van der Waals surface area contributed by atoms with E-state index in [9.17, 15) is 0 Å². The highest BCUT2D eigenvalue weighted by Gasteiger charge is 2.09. The fourth-order valence-electron chi connectivity index (χ4n) is 1.94. The lowest BCUT2D eigenvalue weighted by Gasteiger charge is -1.99. The minimum Gasteiger partial charge on any atom is -0.334 e. The summed E-state index contributed by atoms with van der Waals surface area (Å²) in [4.78, 5) is 8.58. The molecule has 0 atom stereocenters. The van der Waals surface area contributed by atoms with Crippen LogP contribution < -0.4 is 0 Å².